The average Bonchev–Trinajstić information content (AvgIpc) is 2.74. The molecule has 1 heterocycles. The van der Waals surface area contributed by atoms with Crippen molar-refractivity contribution >= 4 is 22.7 Å². The summed E-state index contributed by atoms with van der Waals surface area (Å²) < 4.78 is 0. The lowest BCUT2D eigenvalue weighted by atomic mass is 10.1. The third-order valence-corrected chi connectivity index (χ3v) is 3.29. The van der Waals surface area contributed by atoms with Crippen molar-refractivity contribution in [2.45, 2.75) is 13.5 Å². The molecule has 0 fully saturated rings. The van der Waals surface area contributed by atoms with E-state index < -0.39 is 0 Å². The molecule has 0 radical (unpaired) electrons. The zero-order valence-electron chi connectivity index (χ0n) is 9.40. The Labute approximate surface area is 104 Å². The molecule has 0 aliphatic carbocycles. The van der Waals surface area contributed by atoms with E-state index in [4.69, 9.17) is 11.0 Å². The number of nitrogens with one attached hydrogen (secondary N) is 1. The number of aryl methyl sites for hydroxylation is 1. The summed E-state index contributed by atoms with van der Waals surface area (Å²) >= 11 is 1.61. The number of nitrogens with zero attached hydrogens (tertiary/aromatic N) is 2. The standard InChI is InChI=1S/C12H12N4S/c1-8-7-17-11(16-8)6-15-10-4-2-3-9(5-13)12(10)14/h2-4,7,15H,6,14H2,1H3. The predicted molar refractivity (Wildman–Crippen MR) is 69.7 cm³/mol. The summed E-state index contributed by atoms with van der Waals surface area (Å²) in [6, 6.07) is 7.43. The van der Waals surface area contributed by atoms with Crippen molar-refractivity contribution < 1.29 is 0 Å². The van der Waals surface area contributed by atoms with Gasteiger partial charge in [0.15, 0.2) is 0 Å². The number of nitriles is 1. The van der Waals surface area contributed by atoms with E-state index in [0.717, 1.165) is 16.4 Å². The highest BCUT2D eigenvalue weighted by molar-refractivity contribution is 7.09. The SMILES string of the molecule is Cc1csc(CNc2cccc(C#N)c2N)n1. The van der Waals surface area contributed by atoms with Gasteiger partial charge in [0.05, 0.1) is 23.5 Å². The first-order chi connectivity index (χ1) is 8.20. The third-order valence-electron chi connectivity index (χ3n) is 2.32. The van der Waals surface area contributed by atoms with Gasteiger partial charge in [-0.25, -0.2) is 4.98 Å². The Morgan fingerprint density at radius 3 is 3.00 bits per heavy atom. The second kappa shape index (κ2) is 4.85. The van der Waals surface area contributed by atoms with E-state index in [0.29, 0.717) is 17.8 Å². The van der Waals surface area contributed by atoms with Crippen molar-refractivity contribution in [2.75, 3.05) is 11.1 Å². The summed E-state index contributed by atoms with van der Waals surface area (Å²) in [5.41, 5.74) is 8.64. The second-order valence-corrected chi connectivity index (χ2v) is 4.56. The predicted octanol–water partition coefficient (Wildman–Crippen LogP) is 2.52. The van der Waals surface area contributed by atoms with Crippen molar-refractivity contribution in [1.82, 2.24) is 4.98 Å². The van der Waals surface area contributed by atoms with Gasteiger partial charge in [0.25, 0.3) is 0 Å². The molecule has 0 aliphatic heterocycles. The molecule has 0 atom stereocenters. The topological polar surface area (TPSA) is 74.7 Å². The Kier molecular flexibility index (Phi) is 3.26. The maximum Gasteiger partial charge on any atom is 0.112 e. The van der Waals surface area contributed by atoms with Crippen LogP contribution >= 0.6 is 11.3 Å². The summed E-state index contributed by atoms with van der Waals surface area (Å²) in [6.07, 6.45) is 0. The molecule has 0 saturated carbocycles. The van der Waals surface area contributed by atoms with Crippen LogP contribution < -0.4 is 11.1 Å². The van der Waals surface area contributed by atoms with Gasteiger partial charge in [-0.15, -0.1) is 11.3 Å². The molecule has 0 unspecified atom stereocenters. The fourth-order valence-corrected chi connectivity index (χ4v) is 2.18. The van der Waals surface area contributed by atoms with Gasteiger partial charge in [0.1, 0.15) is 11.1 Å². The van der Waals surface area contributed by atoms with Gasteiger partial charge in [-0.05, 0) is 19.1 Å². The lowest BCUT2D eigenvalue weighted by molar-refractivity contribution is 1.08. The maximum atomic E-state index is 8.86. The summed E-state index contributed by atoms with van der Waals surface area (Å²) in [5, 5.41) is 15.1. The summed E-state index contributed by atoms with van der Waals surface area (Å²) in [6.45, 7) is 2.59. The van der Waals surface area contributed by atoms with E-state index in [2.05, 4.69) is 16.4 Å². The van der Waals surface area contributed by atoms with Gasteiger partial charge in [0, 0.05) is 11.1 Å². The highest BCUT2D eigenvalue weighted by atomic mass is 32.1. The number of benzene rings is 1. The highest BCUT2D eigenvalue weighted by Crippen LogP contribution is 2.23. The quantitative estimate of drug-likeness (QED) is 0.813. The Morgan fingerprint density at radius 1 is 1.53 bits per heavy atom. The number of para-hydroxylation sites is 1. The van der Waals surface area contributed by atoms with Crippen LogP contribution in [-0.2, 0) is 6.54 Å². The Bertz CT molecular complexity index is 568. The number of aromatic nitrogens is 1. The molecule has 0 aliphatic rings. The molecule has 0 spiro atoms. The molecule has 0 amide bonds. The van der Waals surface area contributed by atoms with Crippen LogP contribution in [0, 0.1) is 18.3 Å². The molecule has 5 heteroatoms. The Balaban J connectivity index is 2.12. The van der Waals surface area contributed by atoms with Gasteiger partial charge in [-0.1, -0.05) is 6.07 Å². The van der Waals surface area contributed by atoms with Gasteiger partial charge in [-0.2, -0.15) is 5.26 Å². The minimum Gasteiger partial charge on any atom is -0.396 e. The first kappa shape index (κ1) is 11.4. The summed E-state index contributed by atoms with van der Waals surface area (Å²) in [5.74, 6) is 0. The highest BCUT2D eigenvalue weighted by Gasteiger charge is 2.04. The van der Waals surface area contributed by atoms with E-state index in [-0.39, 0.29) is 0 Å². The van der Waals surface area contributed by atoms with Crippen LogP contribution in [0.5, 0.6) is 0 Å². The normalized spacial score (nSPS) is 9.88. The minimum absolute atomic E-state index is 0.489. The number of rotatable bonds is 3. The van der Waals surface area contributed by atoms with Crippen LogP contribution in [0.2, 0.25) is 0 Å². The van der Waals surface area contributed by atoms with Crippen LogP contribution in [0.3, 0.4) is 0 Å². The fraction of sp³-hybridized carbons (Fsp3) is 0.167. The van der Waals surface area contributed by atoms with Gasteiger partial charge in [0.2, 0.25) is 0 Å². The van der Waals surface area contributed by atoms with Crippen molar-refractivity contribution in [3.8, 4) is 6.07 Å². The molecule has 3 N–H and O–H groups in total. The largest absolute Gasteiger partial charge is 0.396 e. The average molecular weight is 244 g/mol. The van der Waals surface area contributed by atoms with Gasteiger partial charge < -0.3 is 11.1 Å². The van der Waals surface area contributed by atoms with Crippen molar-refractivity contribution in [2.24, 2.45) is 0 Å². The number of anilines is 2. The molecule has 0 bridgehead atoms. The van der Waals surface area contributed by atoms with E-state index in [1.54, 1.807) is 17.4 Å². The van der Waals surface area contributed by atoms with Crippen LogP contribution in [0.4, 0.5) is 11.4 Å². The molecule has 86 valence electrons. The van der Waals surface area contributed by atoms with Gasteiger partial charge in [-0.3, -0.25) is 0 Å². The number of hydrogen-bond acceptors (Lipinski definition) is 5. The molecular formula is C12H12N4S. The molecule has 4 nitrogen and oxygen atoms in total. The molecule has 17 heavy (non-hydrogen) atoms. The molecule has 2 aromatic rings. The van der Waals surface area contributed by atoms with E-state index in [1.165, 1.54) is 0 Å². The number of nitrogens with two attached hydrogens (primary N) is 1. The summed E-state index contributed by atoms with van der Waals surface area (Å²) in [4.78, 5) is 4.35. The molecule has 0 saturated heterocycles. The van der Waals surface area contributed by atoms with Crippen molar-refractivity contribution in [3.05, 3.63) is 39.8 Å². The molecule has 1 aromatic heterocycles. The van der Waals surface area contributed by atoms with E-state index >= 15 is 0 Å². The van der Waals surface area contributed by atoms with E-state index in [9.17, 15) is 0 Å². The Morgan fingerprint density at radius 2 is 2.35 bits per heavy atom. The maximum absolute atomic E-state index is 8.86. The zero-order valence-corrected chi connectivity index (χ0v) is 10.2. The van der Waals surface area contributed by atoms with Crippen LogP contribution in [0.1, 0.15) is 16.3 Å². The van der Waals surface area contributed by atoms with Gasteiger partial charge >= 0.3 is 0 Å². The zero-order chi connectivity index (χ0) is 12.3. The minimum atomic E-state index is 0.489. The van der Waals surface area contributed by atoms with Crippen LogP contribution in [0.15, 0.2) is 23.6 Å². The van der Waals surface area contributed by atoms with Crippen LogP contribution in [0.25, 0.3) is 0 Å². The Hall–Kier alpha value is -2.06. The second-order valence-electron chi connectivity index (χ2n) is 3.61. The fourth-order valence-electron chi connectivity index (χ4n) is 1.47. The third kappa shape index (κ3) is 2.55. The monoisotopic (exact) mass is 244 g/mol. The van der Waals surface area contributed by atoms with Crippen LogP contribution in [-0.4, -0.2) is 4.98 Å². The number of nitrogen functional groups attached to an aromatic ring is 1. The number of hydrogen-bond donors (Lipinski definition) is 2. The molecule has 1 aromatic carbocycles. The lowest BCUT2D eigenvalue weighted by Crippen LogP contribution is -2.03. The molecule has 2 rings (SSSR count). The summed E-state index contributed by atoms with van der Waals surface area (Å²) in [7, 11) is 0. The lowest BCUT2D eigenvalue weighted by Gasteiger charge is -2.08. The first-order valence-electron chi connectivity index (χ1n) is 5.14. The van der Waals surface area contributed by atoms with Crippen molar-refractivity contribution in [1.29, 1.82) is 5.26 Å². The smallest absolute Gasteiger partial charge is 0.112 e. The number of thiazole rings is 1. The van der Waals surface area contributed by atoms with Crippen molar-refractivity contribution in [3.63, 3.8) is 0 Å². The molecular weight excluding hydrogens is 232 g/mol. The first-order valence-corrected chi connectivity index (χ1v) is 6.02. The van der Waals surface area contributed by atoms with E-state index in [1.807, 2.05) is 24.4 Å².